The summed E-state index contributed by atoms with van der Waals surface area (Å²) in [5.41, 5.74) is -2.20. The molecule has 0 heterocycles. The smallest absolute Gasteiger partial charge is 0.417 e. The van der Waals surface area contributed by atoms with Crippen molar-refractivity contribution in [3.8, 4) is 11.8 Å². The first-order chi connectivity index (χ1) is 7.82. The fourth-order valence-electron chi connectivity index (χ4n) is 1.30. The molecular weight excluding hydrogens is 259 g/mol. The Balaban J connectivity index is 3.62. The van der Waals surface area contributed by atoms with Crippen LogP contribution in [0.2, 0.25) is 0 Å². The third-order valence-corrected chi connectivity index (χ3v) is 2.19. The monoisotopic (exact) mass is 263 g/mol. The molecule has 0 saturated carbocycles. The van der Waals surface area contributed by atoms with Crippen LogP contribution in [0, 0.1) is 11.3 Å². The summed E-state index contributed by atoms with van der Waals surface area (Å²) in [5, 5.41) is 7.72. The molecule has 0 aliphatic heterocycles. The lowest BCUT2D eigenvalue weighted by molar-refractivity contribution is -0.137. The van der Waals surface area contributed by atoms with Crippen molar-refractivity contribution in [2.45, 2.75) is 6.18 Å². The van der Waals surface area contributed by atoms with Gasteiger partial charge in [0.25, 0.3) is 5.24 Å². The Bertz CT molecular complexity index is 505. The second-order valence-corrected chi connectivity index (χ2v) is 3.30. The Kier molecular flexibility index (Phi) is 3.63. The molecule has 1 aromatic carbocycles. The highest BCUT2D eigenvalue weighted by molar-refractivity contribution is 6.68. The maximum Gasteiger partial charge on any atom is 0.417 e. The first-order valence-electron chi connectivity index (χ1n) is 4.21. The van der Waals surface area contributed by atoms with Gasteiger partial charge in [0, 0.05) is 0 Å². The highest BCUT2D eigenvalue weighted by Gasteiger charge is 2.36. The number of hydrogen-bond acceptors (Lipinski definition) is 3. The molecule has 17 heavy (non-hydrogen) atoms. The van der Waals surface area contributed by atoms with Crippen LogP contribution in [0.4, 0.5) is 13.2 Å². The number of nitrogens with zero attached hydrogens (tertiary/aromatic N) is 1. The number of alkyl halides is 3. The number of methoxy groups -OCH3 is 1. The van der Waals surface area contributed by atoms with E-state index in [4.69, 9.17) is 16.9 Å². The Labute approximate surface area is 99.4 Å². The van der Waals surface area contributed by atoms with Crippen molar-refractivity contribution in [1.29, 1.82) is 5.26 Å². The third-order valence-electron chi connectivity index (χ3n) is 1.99. The molecule has 1 rings (SSSR count). The van der Waals surface area contributed by atoms with Crippen molar-refractivity contribution in [2.75, 3.05) is 7.11 Å². The number of ether oxygens (including phenoxy) is 1. The molecule has 0 aliphatic carbocycles. The van der Waals surface area contributed by atoms with Crippen molar-refractivity contribution < 1.29 is 22.7 Å². The van der Waals surface area contributed by atoms with Crippen LogP contribution in [0.15, 0.2) is 12.1 Å². The van der Waals surface area contributed by atoms with E-state index in [2.05, 4.69) is 4.74 Å². The minimum atomic E-state index is -4.70. The topological polar surface area (TPSA) is 50.1 Å². The standard InChI is InChI=1S/C10H5ClF3NO2/c1-17-8-5(9(11)16)2-3-7(6(8)4-15)10(12,13)14/h2-3H,1H3. The number of rotatable bonds is 2. The van der Waals surface area contributed by atoms with Gasteiger partial charge in [-0.05, 0) is 23.7 Å². The number of halogens is 4. The molecule has 0 spiro atoms. The van der Waals surface area contributed by atoms with Crippen molar-refractivity contribution in [1.82, 2.24) is 0 Å². The lowest BCUT2D eigenvalue weighted by Crippen LogP contribution is -2.10. The van der Waals surface area contributed by atoms with E-state index in [-0.39, 0.29) is 5.56 Å². The molecule has 0 N–H and O–H groups in total. The highest BCUT2D eigenvalue weighted by atomic mass is 35.5. The maximum absolute atomic E-state index is 12.6. The molecule has 0 aliphatic rings. The molecule has 0 fully saturated rings. The first-order valence-corrected chi connectivity index (χ1v) is 4.58. The molecular formula is C10H5ClF3NO2. The molecule has 0 aromatic heterocycles. The van der Waals surface area contributed by atoms with Crippen LogP contribution in [-0.4, -0.2) is 12.4 Å². The van der Waals surface area contributed by atoms with Crippen LogP contribution in [0.3, 0.4) is 0 Å². The average Bonchev–Trinajstić information content (AvgIpc) is 2.25. The summed E-state index contributed by atoms with van der Waals surface area (Å²) in [4.78, 5) is 10.9. The zero-order chi connectivity index (χ0) is 13.2. The van der Waals surface area contributed by atoms with Gasteiger partial charge in [0.05, 0.1) is 18.2 Å². The van der Waals surface area contributed by atoms with Gasteiger partial charge in [-0.25, -0.2) is 0 Å². The zero-order valence-corrected chi connectivity index (χ0v) is 9.19. The van der Waals surface area contributed by atoms with E-state index in [1.54, 1.807) is 0 Å². The molecule has 0 unspecified atom stereocenters. The van der Waals surface area contributed by atoms with Gasteiger partial charge in [0.1, 0.15) is 17.4 Å². The van der Waals surface area contributed by atoms with Crippen molar-refractivity contribution >= 4 is 16.8 Å². The van der Waals surface area contributed by atoms with Gasteiger partial charge in [-0.1, -0.05) is 0 Å². The number of hydrogen-bond donors (Lipinski definition) is 0. The summed E-state index contributed by atoms with van der Waals surface area (Å²) in [6.07, 6.45) is -4.70. The number of nitriles is 1. The summed E-state index contributed by atoms with van der Waals surface area (Å²) in [5.74, 6) is -0.470. The van der Waals surface area contributed by atoms with Crippen molar-refractivity contribution in [3.05, 3.63) is 28.8 Å². The largest absolute Gasteiger partial charge is 0.495 e. The van der Waals surface area contributed by atoms with Gasteiger partial charge in [0.2, 0.25) is 0 Å². The van der Waals surface area contributed by atoms with Crippen molar-refractivity contribution in [3.63, 3.8) is 0 Å². The first kappa shape index (κ1) is 13.3. The lowest BCUT2D eigenvalue weighted by Gasteiger charge is -2.13. The molecule has 90 valence electrons. The minimum absolute atomic E-state index is 0.279. The Morgan fingerprint density at radius 1 is 1.47 bits per heavy atom. The van der Waals surface area contributed by atoms with E-state index in [1.807, 2.05) is 0 Å². The molecule has 0 amide bonds. The molecule has 1 aromatic rings. The van der Waals surface area contributed by atoms with Crippen molar-refractivity contribution in [2.24, 2.45) is 0 Å². The minimum Gasteiger partial charge on any atom is -0.495 e. The van der Waals surface area contributed by atoms with Gasteiger partial charge in [-0.15, -0.1) is 0 Å². The van der Waals surface area contributed by atoms with E-state index in [9.17, 15) is 18.0 Å². The highest BCUT2D eigenvalue weighted by Crippen LogP contribution is 2.37. The fraction of sp³-hybridized carbons (Fsp3) is 0.200. The fourth-order valence-corrected chi connectivity index (χ4v) is 1.45. The van der Waals surface area contributed by atoms with E-state index in [0.29, 0.717) is 6.07 Å². The molecule has 0 bridgehead atoms. The van der Waals surface area contributed by atoms with Gasteiger partial charge >= 0.3 is 6.18 Å². The van der Waals surface area contributed by atoms with Crippen LogP contribution in [0.5, 0.6) is 5.75 Å². The second kappa shape index (κ2) is 4.63. The zero-order valence-electron chi connectivity index (χ0n) is 8.43. The maximum atomic E-state index is 12.6. The number of benzene rings is 1. The number of carbonyl (C=O) groups excluding carboxylic acids is 1. The van der Waals surface area contributed by atoms with Crippen LogP contribution < -0.4 is 4.74 Å². The predicted octanol–water partition coefficient (Wildman–Crippen LogP) is 2.96. The van der Waals surface area contributed by atoms with Gasteiger partial charge in [-0.2, -0.15) is 18.4 Å². The second-order valence-electron chi connectivity index (χ2n) is 2.95. The van der Waals surface area contributed by atoms with Gasteiger partial charge < -0.3 is 4.74 Å². The van der Waals surface area contributed by atoms with E-state index < -0.39 is 28.3 Å². The molecule has 7 heteroatoms. The van der Waals surface area contributed by atoms with E-state index in [0.717, 1.165) is 13.2 Å². The van der Waals surface area contributed by atoms with Crippen LogP contribution in [0.1, 0.15) is 21.5 Å². The summed E-state index contributed by atoms with van der Waals surface area (Å²) in [6, 6.07) is 2.86. The van der Waals surface area contributed by atoms with Gasteiger partial charge in [0.15, 0.2) is 0 Å². The Morgan fingerprint density at radius 3 is 2.41 bits per heavy atom. The Hall–Kier alpha value is -1.74. The quantitative estimate of drug-likeness (QED) is 0.771. The van der Waals surface area contributed by atoms with E-state index in [1.165, 1.54) is 6.07 Å². The molecule has 0 atom stereocenters. The van der Waals surface area contributed by atoms with Crippen LogP contribution in [0.25, 0.3) is 0 Å². The summed E-state index contributed by atoms with van der Waals surface area (Å²) in [6.45, 7) is 0. The van der Waals surface area contributed by atoms with E-state index >= 15 is 0 Å². The third kappa shape index (κ3) is 2.50. The van der Waals surface area contributed by atoms with Gasteiger partial charge in [-0.3, -0.25) is 4.79 Å². The molecule has 0 radical (unpaired) electrons. The molecule has 0 saturated heterocycles. The van der Waals surface area contributed by atoms with Crippen LogP contribution in [-0.2, 0) is 6.18 Å². The lowest BCUT2D eigenvalue weighted by atomic mass is 10.0. The number of carbonyl (C=O) groups is 1. The SMILES string of the molecule is COc1c(C(=O)Cl)ccc(C(F)(F)F)c1C#N. The van der Waals surface area contributed by atoms with Crippen LogP contribution >= 0.6 is 11.6 Å². The Morgan fingerprint density at radius 2 is 2.06 bits per heavy atom. The predicted molar refractivity (Wildman–Crippen MR) is 52.9 cm³/mol. The average molecular weight is 264 g/mol. The summed E-state index contributed by atoms with van der Waals surface area (Å²) in [7, 11) is 1.06. The summed E-state index contributed by atoms with van der Waals surface area (Å²) < 4.78 is 42.3. The normalized spacial score (nSPS) is 10.8. The summed E-state index contributed by atoms with van der Waals surface area (Å²) >= 11 is 5.17. The molecule has 3 nitrogen and oxygen atoms in total.